The second kappa shape index (κ2) is 7.32. The molecule has 0 saturated carbocycles. The zero-order chi connectivity index (χ0) is 19.7. The number of nitrogens with one attached hydrogen (secondary N) is 1. The van der Waals surface area contributed by atoms with Crippen LogP contribution in [0.1, 0.15) is 18.9 Å². The van der Waals surface area contributed by atoms with Crippen LogP contribution >= 0.6 is 11.6 Å². The third-order valence-corrected chi connectivity index (χ3v) is 6.66. The Morgan fingerprint density at radius 1 is 1.04 bits per heavy atom. The number of rotatable bonds is 6. The van der Waals surface area contributed by atoms with Gasteiger partial charge in [0, 0.05) is 11.6 Å². The molecule has 8 heteroatoms. The summed E-state index contributed by atoms with van der Waals surface area (Å²) < 4.78 is 24.7. The molecule has 1 atom stereocenters. The van der Waals surface area contributed by atoms with Crippen molar-refractivity contribution < 1.29 is 18.0 Å². The summed E-state index contributed by atoms with van der Waals surface area (Å²) in [6, 6.07) is 14.2. The highest BCUT2D eigenvalue weighted by Crippen LogP contribution is 2.29. The Labute approximate surface area is 163 Å². The van der Waals surface area contributed by atoms with Gasteiger partial charge in [-0.25, -0.2) is 13.2 Å². The first-order chi connectivity index (χ1) is 12.7. The molecule has 0 bridgehead atoms. The summed E-state index contributed by atoms with van der Waals surface area (Å²) in [5, 5.41) is 3.22. The molecule has 0 aliphatic carbocycles. The molecule has 0 aromatic heterocycles. The second-order valence-electron chi connectivity index (χ2n) is 6.50. The standard InChI is InChI=1S/C19H19ClN2O4S/c1-19(14-8-10-15(20)11-9-14)17(23)22(18(24)21-19)12-5-13-27(25,26)16-6-3-2-4-7-16/h2-4,6-11H,5,12-13H2,1H3,(H,21,24). The van der Waals surface area contributed by atoms with Gasteiger partial charge in [-0.15, -0.1) is 0 Å². The van der Waals surface area contributed by atoms with Crippen LogP contribution in [-0.2, 0) is 20.2 Å². The average Bonchev–Trinajstić information content (AvgIpc) is 2.87. The molecule has 0 spiro atoms. The zero-order valence-corrected chi connectivity index (χ0v) is 16.3. The van der Waals surface area contributed by atoms with Crippen molar-refractivity contribution in [2.24, 2.45) is 0 Å². The first kappa shape index (κ1) is 19.4. The third-order valence-electron chi connectivity index (χ3n) is 4.59. The molecule has 0 radical (unpaired) electrons. The molecule has 27 heavy (non-hydrogen) atoms. The van der Waals surface area contributed by atoms with Crippen molar-refractivity contribution in [3.05, 3.63) is 65.2 Å². The van der Waals surface area contributed by atoms with Gasteiger partial charge in [0.25, 0.3) is 5.91 Å². The Bertz CT molecular complexity index is 961. The maximum absolute atomic E-state index is 12.8. The lowest BCUT2D eigenvalue weighted by Crippen LogP contribution is -2.41. The normalized spacial score (nSPS) is 20.0. The van der Waals surface area contributed by atoms with E-state index in [2.05, 4.69) is 5.32 Å². The van der Waals surface area contributed by atoms with Crippen LogP contribution in [0, 0.1) is 0 Å². The van der Waals surface area contributed by atoms with E-state index in [0.29, 0.717) is 10.6 Å². The predicted octanol–water partition coefficient (Wildman–Crippen LogP) is 2.97. The molecule has 142 valence electrons. The van der Waals surface area contributed by atoms with Crippen LogP contribution in [0.3, 0.4) is 0 Å². The lowest BCUT2D eigenvalue weighted by atomic mass is 9.92. The van der Waals surface area contributed by atoms with Gasteiger partial charge < -0.3 is 5.32 Å². The fourth-order valence-corrected chi connectivity index (χ4v) is 4.48. The Morgan fingerprint density at radius 3 is 2.30 bits per heavy atom. The molecule has 6 nitrogen and oxygen atoms in total. The first-order valence-electron chi connectivity index (χ1n) is 8.42. The molecule has 1 fully saturated rings. The van der Waals surface area contributed by atoms with E-state index in [4.69, 9.17) is 11.6 Å². The number of urea groups is 1. The van der Waals surface area contributed by atoms with Crippen molar-refractivity contribution in [1.82, 2.24) is 10.2 Å². The topological polar surface area (TPSA) is 83.6 Å². The maximum Gasteiger partial charge on any atom is 0.325 e. The number of hydrogen-bond acceptors (Lipinski definition) is 4. The minimum absolute atomic E-state index is 0.0277. The maximum atomic E-state index is 12.8. The molecular formula is C19H19ClN2O4S. The SMILES string of the molecule is CC1(c2ccc(Cl)cc2)NC(=O)N(CCCS(=O)(=O)c2ccccc2)C1=O. The number of carbonyl (C=O) groups excluding carboxylic acids is 2. The van der Waals surface area contributed by atoms with E-state index in [1.54, 1.807) is 49.4 Å². The number of amides is 3. The van der Waals surface area contributed by atoms with Gasteiger partial charge in [-0.05, 0) is 43.2 Å². The van der Waals surface area contributed by atoms with Gasteiger partial charge in [0.1, 0.15) is 5.54 Å². The Kier molecular flexibility index (Phi) is 5.26. The van der Waals surface area contributed by atoms with E-state index in [1.807, 2.05) is 0 Å². The average molecular weight is 407 g/mol. The van der Waals surface area contributed by atoms with Crippen molar-refractivity contribution in [2.75, 3.05) is 12.3 Å². The smallest absolute Gasteiger partial charge is 0.319 e. The predicted molar refractivity (Wildman–Crippen MR) is 102 cm³/mol. The largest absolute Gasteiger partial charge is 0.325 e. The summed E-state index contributed by atoms with van der Waals surface area (Å²) in [5.74, 6) is -0.557. The van der Waals surface area contributed by atoms with E-state index in [1.165, 1.54) is 12.1 Å². The number of hydrogen-bond donors (Lipinski definition) is 1. The van der Waals surface area contributed by atoms with Crippen LogP contribution in [0.4, 0.5) is 4.79 Å². The molecule has 1 aliphatic rings. The van der Waals surface area contributed by atoms with Gasteiger partial charge in [-0.3, -0.25) is 9.69 Å². The highest BCUT2D eigenvalue weighted by atomic mass is 35.5. The van der Waals surface area contributed by atoms with Crippen LogP contribution in [-0.4, -0.2) is 37.6 Å². The Hall–Kier alpha value is -2.38. The summed E-state index contributed by atoms with van der Waals surface area (Å²) >= 11 is 5.88. The lowest BCUT2D eigenvalue weighted by molar-refractivity contribution is -0.131. The van der Waals surface area contributed by atoms with Crippen LogP contribution < -0.4 is 5.32 Å². The Balaban J connectivity index is 1.68. The zero-order valence-electron chi connectivity index (χ0n) is 14.7. The van der Waals surface area contributed by atoms with Crippen molar-refractivity contribution in [1.29, 1.82) is 0 Å². The summed E-state index contributed by atoms with van der Waals surface area (Å²) in [4.78, 5) is 26.4. The minimum atomic E-state index is -3.46. The molecule has 2 aromatic rings. The molecule has 1 unspecified atom stereocenters. The van der Waals surface area contributed by atoms with Crippen molar-refractivity contribution >= 4 is 33.4 Å². The molecule has 1 saturated heterocycles. The van der Waals surface area contributed by atoms with Gasteiger partial charge >= 0.3 is 6.03 Å². The third kappa shape index (κ3) is 3.84. The monoisotopic (exact) mass is 406 g/mol. The van der Waals surface area contributed by atoms with Crippen LogP contribution in [0.5, 0.6) is 0 Å². The van der Waals surface area contributed by atoms with Gasteiger partial charge in [-0.2, -0.15) is 0 Å². The molecule has 1 heterocycles. The number of nitrogens with zero attached hydrogens (tertiary/aromatic N) is 1. The van der Waals surface area contributed by atoms with Crippen LogP contribution in [0.2, 0.25) is 5.02 Å². The highest BCUT2D eigenvalue weighted by Gasteiger charge is 2.48. The second-order valence-corrected chi connectivity index (χ2v) is 9.05. The lowest BCUT2D eigenvalue weighted by Gasteiger charge is -2.22. The van der Waals surface area contributed by atoms with E-state index < -0.39 is 27.3 Å². The number of benzene rings is 2. The molecule has 1 aliphatic heterocycles. The summed E-state index contributed by atoms with van der Waals surface area (Å²) in [7, 11) is -3.46. The van der Waals surface area contributed by atoms with Crippen molar-refractivity contribution in [2.45, 2.75) is 23.8 Å². The molecular weight excluding hydrogens is 388 g/mol. The quantitative estimate of drug-likeness (QED) is 0.747. The number of carbonyl (C=O) groups is 2. The van der Waals surface area contributed by atoms with Crippen LogP contribution in [0.15, 0.2) is 59.5 Å². The molecule has 1 N–H and O–H groups in total. The molecule has 3 rings (SSSR count). The Morgan fingerprint density at radius 2 is 1.67 bits per heavy atom. The van der Waals surface area contributed by atoms with E-state index >= 15 is 0 Å². The van der Waals surface area contributed by atoms with Gasteiger partial charge in [0.2, 0.25) is 0 Å². The number of halogens is 1. The van der Waals surface area contributed by atoms with Gasteiger partial charge in [0.05, 0.1) is 10.6 Å². The molecule has 2 aromatic carbocycles. The summed E-state index contributed by atoms with van der Waals surface area (Å²) in [6.07, 6.45) is 0.160. The molecule has 3 amide bonds. The van der Waals surface area contributed by atoms with Gasteiger partial charge in [-0.1, -0.05) is 41.9 Å². The number of imide groups is 1. The number of sulfone groups is 1. The van der Waals surface area contributed by atoms with Crippen molar-refractivity contribution in [3.8, 4) is 0 Å². The highest BCUT2D eigenvalue weighted by molar-refractivity contribution is 7.91. The fourth-order valence-electron chi connectivity index (χ4n) is 3.04. The van der Waals surface area contributed by atoms with E-state index in [9.17, 15) is 18.0 Å². The van der Waals surface area contributed by atoms with E-state index in [-0.39, 0.29) is 23.6 Å². The summed E-state index contributed by atoms with van der Waals surface area (Å²) in [5.41, 5.74) is -0.579. The first-order valence-corrected chi connectivity index (χ1v) is 10.4. The van der Waals surface area contributed by atoms with Gasteiger partial charge in [0.15, 0.2) is 9.84 Å². The minimum Gasteiger partial charge on any atom is -0.319 e. The van der Waals surface area contributed by atoms with E-state index in [0.717, 1.165) is 4.90 Å². The van der Waals surface area contributed by atoms with Crippen molar-refractivity contribution in [3.63, 3.8) is 0 Å². The van der Waals surface area contributed by atoms with Crippen LogP contribution in [0.25, 0.3) is 0 Å². The summed E-state index contributed by atoms with van der Waals surface area (Å²) in [6.45, 7) is 1.65. The fraction of sp³-hybridized carbons (Fsp3) is 0.263.